The van der Waals surface area contributed by atoms with E-state index in [2.05, 4.69) is 27.7 Å². The maximum atomic E-state index is 12.4. The summed E-state index contributed by atoms with van der Waals surface area (Å²) in [5.74, 6) is 0.119. The first-order valence-corrected chi connectivity index (χ1v) is 7.52. The lowest BCUT2D eigenvalue weighted by Crippen LogP contribution is -2.42. The summed E-state index contributed by atoms with van der Waals surface area (Å²) in [5.41, 5.74) is 0.788. The Hall–Kier alpha value is -1.22. The summed E-state index contributed by atoms with van der Waals surface area (Å²) in [4.78, 5) is 15.5. The lowest BCUT2D eigenvalue weighted by atomic mass is 10.2. The van der Waals surface area contributed by atoms with Gasteiger partial charge in [-0.1, -0.05) is 30.0 Å². The molecule has 104 valence electrons. The zero-order chi connectivity index (χ0) is 14.4. The first kappa shape index (κ1) is 15.8. The fourth-order valence-corrected chi connectivity index (χ4v) is 2.70. The van der Waals surface area contributed by atoms with E-state index in [1.54, 1.807) is 11.8 Å². The molecule has 0 heterocycles. The standard InChI is InChI=1S/C16H23NOS/c1-12(2)17(13(3)4)16(18)14(5)11-19-15-9-7-6-8-10-15/h6-13H,1-5H3. The molecule has 0 N–H and O–H groups in total. The number of hydrogen-bond acceptors (Lipinski definition) is 2. The summed E-state index contributed by atoms with van der Waals surface area (Å²) < 4.78 is 0. The minimum absolute atomic E-state index is 0.119. The monoisotopic (exact) mass is 277 g/mol. The van der Waals surface area contributed by atoms with Crippen LogP contribution in [0, 0.1) is 0 Å². The number of carbonyl (C=O) groups is 1. The number of hydrogen-bond donors (Lipinski definition) is 0. The van der Waals surface area contributed by atoms with Gasteiger partial charge in [0.2, 0.25) is 5.91 Å². The van der Waals surface area contributed by atoms with Gasteiger partial charge < -0.3 is 4.90 Å². The van der Waals surface area contributed by atoms with Crippen LogP contribution in [-0.4, -0.2) is 22.9 Å². The molecular formula is C16H23NOS. The van der Waals surface area contributed by atoms with Crippen LogP contribution in [0.15, 0.2) is 46.2 Å². The molecule has 0 aromatic heterocycles. The first-order valence-electron chi connectivity index (χ1n) is 6.64. The second-order valence-corrected chi connectivity index (χ2v) is 6.07. The van der Waals surface area contributed by atoms with Crippen LogP contribution in [0.1, 0.15) is 34.6 Å². The van der Waals surface area contributed by atoms with E-state index in [-0.39, 0.29) is 18.0 Å². The topological polar surface area (TPSA) is 20.3 Å². The van der Waals surface area contributed by atoms with E-state index in [0.29, 0.717) is 0 Å². The summed E-state index contributed by atoms with van der Waals surface area (Å²) in [5, 5.41) is 1.94. The average molecular weight is 277 g/mol. The maximum absolute atomic E-state index is 12.4. The molecule has 0 atom stereocenters. The number of nitrogens with zero attached hydrogens (tertiary/aromatic N) is 1. The molecule has 0 spiro atoms. The minimum Gasteiger partial charge on any atom is -0.334 e. The second kappa shape index (κ2) is 7.39. The summed E-state index contributed by atoms with van der Waals surface area (Å²) in [6.07, 6.45) is 0. The van der Waals surface area contributed by atoms with E-state index in [1.165, 1.54) is 0 Å². The minimum atomic E-state index is 0.119. The molecule has 19 heavy (non-hydrogen) atoms. The Bertz CT molecular complexity index is 429. The molecule has 1 amide bonds. The van der Waals surface area contributed by atoms with E-state index in [9.17, 15) is 4.79 Å². The third-order valence-electron chi connectivity index (χ3n) is 2.80. The van der Waals surface area contributed by atoms with Crippen LogP contribution < -0.4 is 0 Å². The normalized spacial score (nSPS) is 12.1. The van der Waals surface area contributed by atoms with Crippen molar-refractivity contribution in [2.75, 3.05) is 0 Å². The Balaban J connectivity index is 2.75. The van der Waals surface area contributed by atoms with Crippen LogP contribution in [0.5, 0.6) is 0 Å². The molecule has 0 aliphatic carbocycles. The molecule has 0 aliphatic heterocycles. The number of carbonyl (C=O) groups excluding carboxylic acids is 1. The Morgan fingerprint density at radius 1 is 1.11 bits per heavy atom. The van der Waals surface area contributed by atoms with E-state index in [4.69, 9.17) is 0 Å². The predicted molar refractivity (Wildman–Crippen MR) is 83.2 cm³/mol. The number of benzene rings is 1. The quantitative estimate of drug-likeness (QED) is 0.590. The number of amides is 1. The SMILES string of the molecule is CC(=CSc1ccccc1)C(=O)N(C(C)C)C(C)C. The molecule has 0 bridgehead atoms. The zero-order valence-corrected chi connectivity index (χ0v) is 13.2. The molecule has 0 unspecified atom stereocenters. The summed E-state index contributed by atoms with van der Waals surface area (Å²) in [7, 11) is 0. The van der Waals surface area contributed by atoms with E-state index in [0.717, 1.165) is 10.5 Å². The fourth-order valence-electron chi connectivity index (χ4n) is 1.97. The number of thioether (sulfide) groups is 1. The van der Waals surface area contributed by atoms with Crippen molar-refractivity contribution < 1.29 is 4.79 Å². The Morgan fingerprint density at radius 3 is 2.11 bits per heavy atom. The molecule has 0 fully saturated rings. The molecule has 2 nitrogen and oxygen atoms in total. The van der Waals surface area contributed by atoms with Crippen molar-refractivity contribution in [2.24, 2.45) is 0 Å². The first-order chi connectivity index (χ1) is 8.93. The van der Waals surface area contributed by atoms with Crippen molar-refractivity contribution in [3.63, 3.8) is 0 Å². The molecule has 1 aromatic carbocycles. The van der Waals surface area contributed by atoms with Crippen molar-refractivity contribution in [1.29, 1.82) is 0 Å². The average Bonchev–Trinajstić information content (AvgIpc) is 2.36. The molecule has 1 rings (SSSR count). The molecule has 1 aromatic rings. The van der Waals surface area contributed by atoms with Gasteiger partial charge in [0.1, 0.15) is 0 Å². The lowest BCUT2D eigenvalue weighted by Gasteiger charge is -2.31. The highest BCUT2D eigenvalue weighted by Crippen LogP contribution is 2.21. The van der Waals surface area contributed by atoms with Gasteiger partial charge in [0.25, 0.3) is 0 Å². The van der Waals surface area contributed by atoms with E-state index >= 15 is 0 Å². The van der Waals surface area contributed by atoms with Crippen molar-refractivity contribution >= 4 is 17.7 Å². The molecule has 0 aliphatic rings. The highest BCUT2D eigenvalue weighted by atomic mass is 32.2. The lowest BCUT2D eigenvalue weighted by molar-refractivity contribution is -0.130. The Labute approximate surface area is 120 Å². The molecule has 0 radical (unpaired) electrons. The zero-order valence-electron chi connectivity index (χ0n) is 12.4. The molecular weight excluding hydrogens is 254 g/mol. The van der Waals surface area contributed by atoms with Crippen LogP contribution in [0.4, 0.5) is 0 Å². The second-order valence-electron chi connectivity index (χ2n) is 5.13. The predicted octanol–water partition coefficient (Wildman–Crippen LogP) is 4.33. The molecule has 3 heteroatoms. The maximum Gasteiger partial charge on any atom is 0.250 e. The van der Waals surface area contributed by atoms with E-state index in [1.807, 2.05) is 47.6 Å². The third kappa shape index (κ3) is 4.75. The van der Waals surface area contributed by atoms with Crippen LogP contribution in [0.25, 0.3) is 0 Å². The smallest absolute Gasteiger partial charge is 0.250 e. The fraction of sp³-hybridized carbons (Fsp3) is 0.438. The van der Waals surface area contributed by atoms with Crippen molar-refractivity contribution in [3.05, 3.63) is 41.3 Å². The third-order valence-corrected chi connectivity index (χ3v) is 3.82. The summed E-state index contributed by atoms with van der Waals surface area (Å²) in [6, 6.07) is 10.5. The van der Waals surface area contributed by atoms with Gasteiger partial charge in [0.15, 0.2) is 0 Å². The van der Waals surface area contributed by atoms with Crippen LogP contribution >= 0.6 is 11.8 Å². The van der Waals surface area contributed by atoms with Gasteiger partial charge in [-0.15, -0.1) is 0 Å². The Morgan fingerprint density at radius 2 is 1.63 bits per heavy atom. The van der Waals surface area contributed by atoms with E-state index < -0.39 is 0 Å². The van der Waals surface area contributed by atoms with Gasteiger partial charge in [-0.2, -0.15) is 0 Å². The van der Waals surface area contributed by atoms with Gasteiger partial charge in [0, 0.05) is 22.6 Å². The van der Waals surface area contributed by atoms with Crippen LogP contribution in [0.3, 0.4) is 0 Å². The highest BCUT2D eigenvalue weighted by Gasteiger charge is 2.20. The van der Waals surface area contributed by atoms with Gasteiger partial charge in [-0.3, -0.25) is 4.79 Å². The van der Waals surface area contributed by atoms with Gasteiger partial charge in [-0.25, -0.2) is 0 Å². The van der Waals surface area contributed by atoms with Gasteiger partial charge in [0.05, 0.1) is 0 Å². The van der Waals surface area contributed by atoms with Gasteiger partial charge >= 0.3 is 0 Å². The largest absolute Gasteiger partial charge is 0.334 e. The Kier molecular flexibility index (Phi) is 6.16. The van der Waals surface area contributed by atoms with Crippen LogP contribution in [-0.2, 0) is 4.79 Å². The van der Waals surface area contributed by atoms with Crippen LogP contribution in [0.2, 0.25) is 0 Å². The van der Waals surface area contributed by atoms with Crippen molar-refractivity contribution in [2.45, 2.75) is 51.6 Å². The molecule has 0 saturated heterocycles. The number of rotatable bonds is 5. The van der Waals surface area contributed by atoms with Gasteiger partial charge in [-0.05, 0) is 52.2 Å². The van der Waals surface area contributed by atoms with Crippen molar-refractivity contribution in [3.8, 4) is 0 Å². The van der Waals surface area contributed by atoms with Crippen molar-refractivity contribution in [1.82, 2.24) is 4.90 Å². The summed E-state index contributed by atoms with van der Waals surface area (Å²) >= 11 is 1.59. The molecule has 0 saturated carbocycles. The summed E-state index contributed by atoms with van der Waals surface area (Å²) in [6.45, 7) is 10.1. The highest BCUT2D eigenvalue weighted by molar-refractivity contribution is 8.02.